The number of rotatable bonds is 8. The van der Waals surface area contributed by atoms with Crippen LogP contribution in [0.5, 0.6) is 0 Å². The van der Waals surface area contributed by atoms with Gasteiger partial charge in [-0.3, -0.25) is 4.68 Å². The molecular weight excluding hydrogens is 246 g/mol. The average molecular weight is 263 g/mol. The summed E-state index contributed by atoms with van der Waals surface area (Å²) in [6.07, 6.45) is 3.26. The van der Waals surface area contributed by atoms with Gasteiger partial charge in [-0.2, -0.15) is 5.10 Å². The van der Waals surface area contributed by atoms with E-state index in [1.807, 2.05) is 0 Å². The second-order valence-corrected chi connectivity index (χ2v) is 5.17. The summed E-state index contributed by atoms with van der Waals surface area (Å²) >= 11 is 0. The first kappa shape index (κ1) is 14.1. The summed E-state index contributed by atoms with van der Waals surface area (Å²) in [6, 6.07) is 0. The van der Waals surface area contributed by atoms with Gasteiger partial charge in [0.2, 0.25) is 10.0 Å². The molecule has 1 heterocycles. The number of sulfonamides is 1. The van der Waals surface area contributed by atoms with E-state index < -0.39 is 10.0 Å². The molecular formula is C9H17N3O4S. The van der Waals surface area contributed by atoms with Crippen molar-refractivity contribution in [1.82, 2.24) is 14.5 Å². The zero-order valence-corrected chi connectivity index (χ0v) is 10.5. The summed E-state index contributed by atoms with van der Waals surface area (Å²) in [5.41, 5.74) is 0. The third-order valence-corrected chi connectivity index (χ3v) is 3.48. The van der Waals surface area contributed by atoms with Gasteiger partial charge in [0.05, 0.1) is 12.8 Å². The van der Waals surface area contributed by atoms with E-state index in [0.717, 1.165) is 0 Å². The molecule has 0 bridgehead atoms. The van der Waals surface area contributed by atoms with E-state index in [1.54, 1.807) is 0 Å². The fourth-order valence-electron chi connectivity index (χ4n) is 1.20. The third kappa shape index (κ3) is 4.43. The van der Waals surface area contributed by atoms with Gasteiger partial charge in [0.15, 0.2) is 0 Å². The third-order valence-electron chi connectivity index (χ3n) is 2.06. The highest BCUT2D eigenvalue weighted by atomic mass is 32.2. The number of hydrogen-bond donors (Lipinski definition) is 2. The highest BCUT2D eigenvalue weighted by Crippen LogP contribution is 2.06. The molecule has 0 aliphatic rings. The van der Waals surface area contributed by atoms with Crippen molar-refractivity contribution in [2.45, 2.75) is 17.9 Å². The number of nitrogens with one attached hydrogen (secondary N) is 1. The predicted octanol–water partition coefficient (Wildman–Crippen LogP) is -0.810. The summed E-state index contributed by atoms with van der Waals surface area (Å²) in [4.78, 5) is 0.117. The first-order valence-corrected chi connectivity index (χ1v) is 6.70. The normalized spacial score (nSPS) is 11.9. The largest absolute Gasteiger partial charge is 0.396 e. The second kappa shape index (κ2) is 6.70. The van der Waals surface area contributed by atoms with Crippen molar-refractivity contribution in [2.75, 3.05) is 26.9 Å². The van der Waals surface area contributed by atoms with Gasteiger partial charge in [-0.25, -0.2) is 13.1 Å². The molecule has 0 atom stereocenters. The number of methoxy groups -OCH3 is 1. The summed E-state index contributed by atoms with van der Waals surface area (Å²) in [5.74, 6) is 0. The Bertz CT molecular complexity index is 429. The number of hydrogen-bond acceptors (Lipinski definition) is 5. The van der Waals surface area contributed by atoms with Gasteiger partial charge < -0.3 is 9.84 Å². The first-order valence-electron chi connectivity index (χ1n) is 5.22. The van der Waals surface area contributed by atoms with Crippen LogP contribution in [-0.2, 0) is 21.3 Å². The maximum Gasteiger partial charge on any atom is 0.243 e. The lowest BCUT2D eigenvalue weighted by atomic mass is 10.5. The van der Waals surface area contributed by atoms with Crippen LogP contribution in [0.2, 0.25) is 0 Å². The summed E-state index contributed by atoms with van der Waals surface area (Å²) in [6.45, 7) is 1.08. The van der Waals surface area contributed by atoms with Crippen LogP contribution in [0.3, 0.4) is 0 Å². The molecule has 1 rings (SSSR count). The van der Waals surface area contributed by atoms with Crippen molar-refractivity contribution in [3.63, 3.8) is 0 Å². The fraction of sp³-hybridized carbons (Fsp3) is 0.667. The minimum Gasteiger partial charge on any atom is -0.396 e. The van der Waals surface area contributed by atoms with Gasteiger partial charge in [0.1, 0.15) is 4.90 Å². The van der Waals surface area contributed by atoms with Crippen LogP contribution in [0.1, 0.15) is 6.42 Å². The van der Waals surface area contributed by atoms with Crippen molar-refractivity contribution < 1.29 is 18.3 Å². The van der Waals surface area contributed by atoms with Crippen molar-refractivity contribution in [1.29, 1.82) is 0 Å². The number of aliphatic hydroxyl groups is 1. The van der Waals surface area contributed by atoms with Gasteiger partial charge in [0.25, 0.3) is 0 Å². The van der Waals surface area contributed by atoms with Crippen LogP contribution in [0.4, 0.5) is 0 Å². The Balaban J connectivity index is 2.61. The standard InChI is InChI=1S/C9H17N3O4S/c1-16-6-3-11-17(14,15)9-7-10-12(8-9)4-2-5-13/h7-8,11,13H,2-6H2,1H3. The Morgan fingerprint density at radius 1 is 1.59 bits per heavy atom. The first-order chi connectivity index (χ1) is 8.10. The Morgan fingerprint density at radius 3 is 3.00 bits per heavy atom. The monoisotopic (exact) mass is 263 g/mol. The van der Waals surface area contributed by atoms with Crippen LogP contribution in [0, 0.1) is 0 Å². The Morgan fingerprint density at radius 2 is 2.35 bits per heavy atom. The van der Waals surface area contributed by atoms with Crippen LogP contribution in [0.25, 0.3) is 0 Å². The van der Waals surface area contributed by atoms with Crippen molar-refractivity contribution in [3.05, 3.63) is 12.4 Å². The van der Waals surface area contributed by atoms with Crippen LogP contribution >= 0.6 is 0 Å². The number of aliphatic hydroxyl groups excluding tert-OH is 1. The summed E-state index contributed by atoms with van der Waals surface area (Å²) in [7, 11) is -2.01. The van der Waals surface area contributed by atoms with E-state index in [0.29, 0.717) is 19.6 Å². The van der Waals surface area contributed by atoms with E-state index >= 15 is 0 Å². The van der Waals surface area contributed by atoms with Crippen molar-refractivity contribution in [3.8, 4) is 0 Å². The Kier molecular flexibility index (Phi) is 5.56. The highest BCUT2D eigenvalue weighted by Gasteiger charge is 2.15. The molecule has 0 radical (unpaired) electrons. The molecule has 8 heteroatoms. The zero-order valence-electron chi connectivity index (χ0n) is 9.66. The number of nitrogens with zero attached hydrogens (tertiary/aromatic N) is 2. The van der Waals surface area contributed by atoms with Gasteiger partial charge in [0, 0.05) is 33.0 Å². The molecule has 0 aromatic carbocycles. The lowest BCUT2D eigenvalue weighted by Crippen LogP contribution is -2.26. The Labute approximate surface area is 100 Å². The molecule has 17 heavy (non-hydrogen) atoms. The molecule has 2 N–H and O–H groups in total. The fourth-order valence-corrected chi connectivity index (χ4v) is 2.16. The molecule has 0 unspecified atom stereocenters. The van der Waals surface area contributed by atoms with E-state index in [2.05, 4.69) is 9.82 Å². The smallest absolute Gasteiger partial charge is 0.243 e. The maximum absolute atomic E-state index is 11.7. The minimum absolute atomic E-state index is 0.0496. The number of ether oxygens (including phenoxy) is 1. The molecule has 0 amide bonds. The van der Waals surface area contributed by atoms with Gasteiger partial charge in [-0.1, -0.05) is 0 Å². The lowest BCUT2D eigenvalue weighted by Gasteiger charge is -2.03. The molecule has 1 aromatic rings. The van der Waals surface area contributed by atoms with Crippen molar-refractivity contribution in [2.24, 2.45) is 0 Å². The predicted molar refractivity (Wildman–Crippen MR) is 61.0 cm³/mol. The molecule has 7 nitrogen and oxygen atoms in total. The topological polar surface area (TPSA) is 93.5 Å². The molecule has 1 aromatic heterocycles. The van der Waals surface area contributed by atoms with Crippen LogP contribution in [0.15, 0.2) is 17.3 Å². The molecule has 0 spiro atoms. The maximum atomic E-state index is 11.7. The van der Waals surface area contributed by atoms with E-state index in [4.69, 9.17) is 9.84 Å². The number of aryl methyl sites for hydroxylation is 1. The minimum atomic E-state index is -3.51. The SMILES string of the molecule is COCCNS(=O)(=O)c1cnn(CCCO)c1. The van der Waals surface area contributed by atoms with E-state index in [-0.39, 0.29) is 18.0 Å². The Hall–Kier alpha value is -0.960. The van der Waals surface area contributed by atoms with Crippen LogP contribution in [-0.4, -0.2) is 50.2 Å². The highest BCUT2D eigenvalue weighted by molar-refractivity contribution is 7.89. The number of aromatic nitrogens is 2. The molecule has 0 aliphatic carbocycles. The van der Waals surface area contributed by atoms with E-state index in [1.165, 1.54) is 24.2 Å². The van der Waals surface area contributed by atoms with Gasteiger partial charge >= 0.3 is 0 Å². The molecule has 98 valence electrons. The lowest BCUT2D eigenvalue weighted by molar-refractivity contribution is 0.204. The zero-order chi connectivity index (χ0) is 12.7. The quantitative estimate of drug-likeness (QED) is 0.598. The van der Waals surface area contributed by atoms with Gasteiger partial charge in [-0.05, 0) is 6.42 Å². The second-order valence-electron chi connectivity index (χ2n) is 3.41. The van der Waals surface area contributed by atoms with E-state index in [9.17, 15) is 8.42 Å². The summed E-state index contributed by atoms with van der Waals surface area (Å²) < 4.78 is 32.1. The van der Waals surface area contributed by atoms with Crippen LogP contribution < -0.4 is 4.72 Å². The molecule has 0 saturated carbocycles. The summed E-state index contributed by atoms with van der Waals surface area (Å²) in [5, 5.41) is 12.6. The molecule has 0 fully saturated rings. The van der Waals surface area contributed by atoms with Crippen molar-refractivity contribution >= 4 is 10.0 Å². The average Bonchev–Trinajstić information content (AvgIpc) is 2.76. The van der Waals surface area contributed by atoms with Gasteiger partial charge in [-0.15, -0.1) is 0 Å². The molecule has 0 saturated heterocycles. The molecule has 0 aliphatic heterocycles.